The molecule has 3 nitrogen and oxygen atoms in total. The van der Waals surface area contributed by atoms with Gasteiger partial charge in [-0.3, -0.25) is 0 Å². The van der Waals surface area contributed by atoms with E-state index in [1.54, 1.807) is 0 Å². The monoisotopic (exact) mass is 225 g/mol. The molecule has 0 radical (unpaired) electrons. The summed E-state index contributed by atoms with van der Waals surface area (Å²) in [6.45, 7) is 0. The van der Waals surface area contributed by atoms with E-state index in [9.17, 15) is 0 Å². The van der Waals surface area contributed by atoms with Crippen molar-refractivity contribution in [3.63, 3.8) is 0 Å². The summed E-state index contributed by atoms with van der Waals surface area (Å²) in [5.74, 6) is 0.618. The third-order valence-corrected chi connectivity index (χ3v) is 3.66. The van der Waals surface area contributed by atoms with Gasteiger partial charge in [-0.25, -0.2) is 0 Å². The normalized spacial score (nSPS) is 22.9. The highest BCUT2D eigenvalue weighted by Crippen LogP contribution is 2.46. The number of aromatic nitrogens is 1. The smallest absolute Gasteiger partial charge is 0.0991 e. The fourth-order valence-electron chi connectivity index (χ4n) is 2.61. The van der Waals surface area contributed by atoms with Crippen molar-refractivity contribution >= 4 is 10.9 Å². The standard InChI is InChI=1S/C14H15N3/c1-17(2)14-6-11(14)12-8-16-13-4-3-9(7-15)5-10(12)13/h3-5,8,11,14,16H,6H2,1-2H3/t11-,14-/m1/s1. The third-order valence-electron chi connectivity index (χ3n) is 3.66. The number of nitrogens with one attached hydrogen (secondary N) is 1. The number of H-pyrrole nitrogens is 1. The summed E-state index contributed by atoms with van der Waals surface area (Å²) in [4.78, 5) is 5.57. The molecule has 1 fully saturated rings. The molecule has 2 atom stereocenters. The molecule has 1 saturated carbocycles. The van der Waals surface area contributed by atoms with Gasteiger partial charge in [0.25, 0.3) is 0 Å². The molecular formula is C14H15N3. The zero-order chi connectivity index (χ0) is 12.0. The third kappa shape index (κ3) is 1.62. The Labute approximate surface area is 101 Å². The van der Waals surface area contributed by atoms with Crippen molar-refractivity contribution in [1.29, 1.82) is 5.26 Å². The van der Waals surface area contributed by atoms with Gasteiger partial charge in [-0.05, 0) is 44.3 Å². The lowest BCUT2D eigenvalue weighted by Crippen LogP contribution is -2.15. The second-order valence-corrected chi connectivity index (χ2v) is 4.99. The van der Waals surface area contributed by atoms with E-state index in [-0.39, 0.29) is 0 Å². The minimum absolute atomic E-state index is 0.618. The van der Waals surface area contributed by atoms with Crippen LogP contribution in [-0.2, 0) is 0 Å². The van der Waals surface area contributed by atoms with Crippen molar-refractivity contribution < 1.29 is 0 Å². The highest BCUT2D eigenvalue weighted by atomic mass is 15.1. The molecule has 3 heteroatoms. The maximum Gasteiger partial charge on any atom is 0.0991 e. The number of nitrogens with zero attached hydrogens (tertiary/aromatic N) is 2. The molecule has 2 aromatic rings. The molecule has 0 spiro atoms. The second-order valence-electron chi connectivity index (χ2n) is 4.99. The van der Waals surface area contributed by atoms with E-state index in [4.69, 9.17) is 5.26 Å². The Morgan fingerprint density at radius 2 is 2.24 bits per heavy atom. The fourth-order valence-corrected chi connectivity index (χ4v) is 2.61. The molecule has 1 aliphatic carbocycles. The van der Waals surface area contributed by atoms with Gasteiger partial charge in [0.15, 0.2) is 0 Å². The quantitative estimate of drug-likeness (QED) is 0.853. The summed E-state index contributed by atoms with van der Waals surface area (Å²) in [7, 11) is 4.25. The summed E-state index contributed by atoms with van der Waals surface area (Å²) in [6, 6.07) is 8.70. The molecule has 1 aromatic heterocycles. The summed E-state index contributed by atoms with van der Waals surface area (Å²) >= 11 is 0. The first kappa shape index (κ1) is 10.4. The molecule has 1 aliphatic rings. The highest BCUT2D eigenvalue weighted by molar-refractivity contribution is 5.85. The van der Waals surface area contributed by atoms with Crippen LogP contribution in [0.4, 0.5) is 0 Å². The van der Waals surface area contributed by atoms with E-state index < -0.39 is 0 Å². The van der Waals surface area contributed by atoms with Gasteiger partial charge >= 0.3 is 0 Å². The molecule has 0 saturated heterocycles. The van der Waals surface area contributed by atoms with Crippen LogP contribution < -0.4 is 0 Å². The van der Waals surface area contributed by atoms with E-state index in [2.05, 4.69) is 36.2 Å². The number of aromatic amines is 1. The van der Waals surface area contributed by atoms with Gasteiger partial charge < -0.3 is 9.88 Å². The number of benzene rings is 1. The maximum atomic E-state index is 8.95. The topological polar surface area (TPSA) is 42.8 Å². The summed E-state index contributed by atoms with van der Waals surface area (Å²) in [5.41, 5.74) is 3.22. The SMILES string of the molecule is CN(C)[C@@H]1C[C@@H]1c1c[nH]c2ccc(C#N)cc12. The van der Waals surface area contributed by atoms with E-state index in [0.717, 1.165) is 11.1 Å². The van der Waals surface area contributed by atoms with E-state index in [1.165, 1.54) is 17.4 Å². The van der Waals surface area contributed by atoms with Gasteiger partial charge in [-0.2, -0.15) is 5.26 Å². The Balaban J connectivity index is 2.04. The lowest BCUT2D eigenvalue weighted by atomic mass is 10.1. The lowest BCUT2D eigenvalue weighted by Gasteiger charge is -2.07. The van der Waals surface area contributed by atoms with Gasteiger partial charge in [-0.1, -0.05) is 0 Å². The number of fused-ring (bicyclic) bond motifs is 1. The van der Waals surface area contributed by atoms with E-state index in [1.807, 2.05) is 18.2 Å². The Hall–Kier alpha value is -1.79. The summed E-state index contributed by atoms with van der Waals surface area (Å²) < 4.78 is 0. The van der Waals surface area contributed by atoms with Crippen molar-refractivity contribution in [2.75, 3.05) is 14.1 Å². The number of hydrogen-bond acceptors (Lipinski definition) is 2. The first-order valence-corrected chi connectivity index (χ1v) is 5.88. The van der Waals surface area contributed by atoms with Gasteiger partial charge in [0.1, 0.15) is 0 Å². The van der Waals surface area contributed by atoms with Crippen molar-refractivity contribution in [3.8, 4) is 6.07 Å². The average molecular weight is 225 g/mol. The van der Waals surface area contributed by atoms with Crippen LogP contribution in [0.1, 0.15) is 23.5 Å². The maximum absolute atomic E-state index is 8.95. The lowest BCUT2D eigenvalue weighted by molar-refractivity contribution is 0.391. The van der Waals surface area contributed by atoms with Crippen LogP contribution >= 0.6 is 0 Å². The van der Waals surface area contributed by atoms with Crippen molar-refractivity contribution in [1.82, 2.24) is 9.88 Å². The molecule has 3 rings (SSSR count). The van der Waals surface area contributed by atoms with Gasteiger partial charge in [-0.15, -0.1) is 0 Å². The van der Waals surface area contributed by atoms with Gasteiger partial charge in [0, 0.05) is 29.1 Å². The zero-order valence-corrected chi connectivity index (χ0v) is 10.1. The largest absolute Gasteiger partial charge is 0.361 e. The summed E-state index contributed by atoms with van der Waals surface area (Å²) in [6.07, 6.45) is 3.32. The van der Waals surface area contributed by atoms with Gasteiger partial charge in [0.05, 0.1) is 11.6 Å². The van der Waals surface area contributed by atoms with Gasteiger partial charge in [0.2, 0.25) is 0 Å². The first-order chi connectivity index (χ1) is 8.20. The molecule has 0 amide bonds. The van der Waals surface area contributed by atoms with E-state index in [0.29, 0.717) is 12.0 Å². The van der Waals surface area contributed by atoms with Crippen molar-refractivity contribution in [2.24, 2.45) is 0 Å². The molecule has 86 valence electrons. The van der Waals surface area contributed by atoms with E-state index >= 15 is 0 Å². The molecule has 0 unspecified atom stereocenters. The predicted molar refractivity (Wildman–Crippen MR) is 67.8 cm³/mol. The average Bonchev–Trinajstić information content (AvgIpc) is 3.02. The van der Waals surface area contributed by atoms with Crippen LogP contribution in [0.3, 0.4) is 0 Å². The minimum atomic E-state index is 0.618. The Morgan fingerprint density at radius 3 is 2.88 bits per heavy atom. The number of likely N-dealkylation sites (N-methyl/N-ethyl adjacent to an activating group) is 1. The Kier molecular flexibility index (Phi) is 2.20. The van der Waals surface area contributed by atoms with Crippen LogP contribution in [0.15, 0.2) is 24.4 Å². The molecule has 1 N–H and O–H groups in total. The molecule has 1 aromatic carbocycles. The predicted octanol–water partition coefficient (Wildman–Crippen LogP) is 2.46. The summed E-state index contributed by atoms with van der Waals surface area (Å²) in [5, 5.41) is 10.2. The zero-order valence-electron chi connectivity index (χ0n) is 10.1. The molecule has 17 heavy (non-hydrogen) atoms. The van der Waals surface area contributed by atoms with Crippen LogP contribution in [0.2, 0.25) is 0 Å². The molecule has 1 heterocycles. The molecule has 0 bridgehead atoms. The Bertz CT molecular complexity index is 603. The second kappa shape index (κ2) is 3.61. The number of nitriles is 1. The van der Waals surface area contributed by atoms with Crippen LogP contribution in [-0.4, -0.2) is 30.0 Å². The number of rotatable bonds is 2. The van der Waals surface area contributed by atoms with Crippen molar-refractivity contribution in [2.45, 2.75) is 18.4 Å². The van der Waals surface area contributed by atoms with Crippen LogP contribution in [0, 0.1) is 11.3 Å². The first-order valence-electron chi connectivity index (χ1n) is 5.88. The van der Waals surface area contributed by atoms with Crippen LogP contribution in [0.25, 0.3) is 10.9 Å². The van der Waals surface area contributed by atoms with Crippen molar-refractivity contribution in [3.05, 3.63) is 35.5 Å². The fraction of sp³-hybridized carbons (Fsp3) is 0.357. The Morgan fingerprint density at radius 1 is 1.41 bits per heavy atom. The van der Waals surface area contributed by atoms with Crippen LogP contribution in [0.5, 0.6) is 0 Å². The minimum Gasteiger partial charge on any atom is -0.361 e. The molecular weight excluding hydrogens is 210 g/mol. The molecule has 0 aliphatic heterocycles. The number of hydrogen-bond donors (Lipinski definition) is 1. The highest BCUT2D eigenvalue weighted by Gasteiger charge is 2.41.